The minimum absolute atomic E-state index is 0.847. The molecule has 1 aliphatic rings. The van der Waals surface area contributed by atoms with E-state index in [1.165, 1.54) is 81.8 Å². The fraction of sp³-hybridized carbons (Fsp3) is 0.680. The third kappa shape index (κ3) is 7.17. The van der Waals surface area contributed by atoms with E-state index in [-0.39, 0.29) is 0 Å². The van der Waals surface area contributed by atoms with Gasteiger partial charge in [0.05, 0.1) is 6.61 Å². The molecule has 1 heteroatoms. The Bertz CT molecular complexity index is 513. The van der Waals surface area contributed by atoms with Crippen molar-refractivity contribution >= 4 is 5.57 Å². The summed E-state index contributed by atoms with van der Waals surface area (Å²) in [5, 5.41) is 0. The van der Waals surface area contributed by atoms with Gasteiger partial charge in [-0.05, 0) is 60.8 Å². The number of hydrogen-bond donors (Lipinski definition) is 0. The number of allylic oxidation sites excluding steroid dienone is 2. The Balaban J connectivity index is 1.77. The number of ether oxygens (including phenoxy) is 1. The van der Waals surface area contributed by atoms with E-state index in [2.05, 4.69) is 51.1 Å². The molecule has 0 saturated heterocycles. The standard InChI is InChI=1S/C25H40O/c1-4-6-8-10-20-26-25-18-16-24(17-19-25)23-14-12-22(13-15-23)21(3)11-9-7-5-2/h14,16-19,21-22H,4-13,15,20H2,1-3H3. The average Bonchev–Trinajstić information content (AvgIpc) is 2.68. The van der Waals surface area contributed by atoms with E-state index in [1.807, 2.05) is 0 Å². The molecule has 146 valence electrons. The van der Waals surface area contributed by atoms with Crippen LogP contribution in [0, 0.1) is 11.8 Å². The highest BCUT2D eigenvalue weighted by molar-refractivity contribution is 5.66. The first-order valence-electron chi connectivity index (χ1n) is 11.2. The fourth-order valence-electron chi connectivity index (χ4n) is 4.07. The minimum atomic E-state index is 0.847. The molecule has 1 aliphatic carbocycles. The zero-order valence-corrected chi connectivity index (χ0v) is 17.4. The summed E-state index contributed by atoms with van der Waals surface area (Å²) >= 11 is 0. The van der Waals surface area contributed by atoms with Crippen LogP contribution in [-0.2, 0) is 0 Å². The van der Waals surface area contributed by atoms with Crippen molar-refractivity contribution in [1.82, 2.24) is 0 Å². The Morgan fingerprint density at radius 3 is 2.35 bits per heavy atom. The predicted molar refractivity (Wildman–Crippen MR) is 115 cm³/mol. The Hall–Kier alpha value is -1.24. The molecular weight excluding hydrogens is 316 g/mol. The molecule has 0 saturated carbocycles. The van der Waals surface area contributed by atoms with Crippen LogP contribution < -0.4 is 4.74 Å². The van der Waals surface area contributed by atoms with Crippen molar-refractivity contribution in [1.29, 1.82) is 0 Å². The molecule has 0 amide bonds. The highest BCUT2D eigenvalue weighted by Crippen LogP contribution is 2.36. The van der Waals surface area contributed by atoms with Crippen molar-refractivity contribution in [3.63, 3.8) is 0 Å². The van der Waals surface area contributed by atoms with Crippen LogP contribution in [0.25, 0.3) is 5.57 Å². The predicted octanol–water partition coefficient (Wildman–Crippen LogP) is 8.05. The van der Waals surface area contributed by atoms with Crippen molar-refractivity contribution in [2.75, 3.05) is 6.61 Å². The number of hydrogen-bond acceptors (Lipinski definition) is 1. The maximum atomic E-state index is 5.87. The van der Waals surface area contributed by atoms with Gasteiger partial charge in [-0.3, -0.25) is 0 Å². The van der Waals surface area contributed by atoms with Crippen LogP contribution in [0.1, 0.15) is 97.0 Å². The first-order valence-corrected chi connectivity index (χ1v) is 11.2. The van der Waals surface area contributed by atoms with Crippen LogP contribution in [0.5, 0.6) is 5.75 Å². The van der Waals surface area contributed by atoms with Gasteiger partial charge in [-0.1, -0.05) is 83.9 Å². The molecule has 0 aliphatic heterocycles. The number of rotatable bonds is 12. The van der Waals surface area contributed by atoms with E-state index in [4.69, 9.17) is 4.74 Å². The average molecular weight is 357 g/mol. The summed E-state index contributed by atoms with van der Waals surface area (Å²) in [5.41, 5.74) is 2.93. The highest BCUT2D eigenvalue weighted by atomic mass is 16.5. The smallest absolute Gasteiger partial charge is 0.119 e. The second-order valence-corrected chi connectivity index (χ2v) is 8.17. The van der Waals surface area contributed by atoms with E-state index in [9.17, 15) is 0 Å². The normalized spacial score (nSPS) is 18.4. The molecule has 2 unspecified atom stereocenters. The lowest BCUT2D eigenvalue weighted by molar-refractivity contribution is 0.305. The van der Waals surface area contributed by atoms with Crippen LogP contribution in [0.3, 0.4) is 0 Å². The zero-order chi connectivity index (χ0) is 18.6. The van der Waals surface area contributed by atoms with Gasteiger partial charge in [0, 0.05) is 0 Å². The first kappa shape index (κ1) is 21.1. The topological polar surface area (TPSA) is 9.23 Å². The quantitative estimate of drug-likeness (QED) is 0.344. The van der Waals surface area contributed by atoms with Gasteiger partial charge in [-0.15, -0.1) is 0 Å². The molecule has 0 radical (unpaired) electrons. The van der Waals surface area contributed by atoms with E-state index in [1.54, 1.807) is 0 Å². The van der Waals surface area contributed by atoms with Gasteiger partial charge >= 0.3 is 0 Å². The molecule has 0 heterocycles. The van der Waals surface area contributed by atoms with Crippen LogP contribution in [0.4, 0.5) is 0 Å². The number of benzene rings is 1. The highest BCUT2D eigenvalue weighted by Gasteiger charge is 2.20. The van der Waals surface area contributed by atoms with Crippen LogP contribution in [0.15, 0.2) is 30.3 Å². The summed E-state index contributed by atoms with van der Waals surface area (Å²) in [6.07, 6.45) is 16.9. The second kappa shape index (κ2) is 12.2. The van der Waals surface area contributed by atoms with Crippen molar-refractivity contribution in [3.05, 3.63) is 35.9 Å². The van der Waals surface area contributed by atoms with Gasteiger partial charge in [0.2, 0.25) is 0 Å². The van der Waals surface area contributed by atoms with E-state index in [0.29, 0.717) is 0 Å². The Labute approximate surface area is 162 Å². The van der Waals surface area contributed by atoms with Crippen molar-refractivity contribution < 1.29 is 4.74 Å². The van der Waals surface area contributed by atoms with Crippen molar-refractivity contribution in [2.24, 2.45) is 11.8 Å². The maximum Gasteiger partial charge on any atom is 0.119 e. The van der Waals surface area contributed by atoms with E-state index in [0.717, 1.165) is 24.2 Å². The van der Waals surface area contributed by atoms with Crippen LogP contribution in [0.2, 0.25) is 0 Å². The lowest BCUT2D eigenvalue weighted by Gasteiger charge is -2.27. The van der Waals surface area contributed by atoms with Crippen molar-refractivity contribution in [3.8, 4) is 5.75 Å². The van der Waals surface area contributed by atoms with E-state index < -0.39 is 0 Å². The maximum absolute atomic E-state index is 5.87. The first-order chi connectivity index (χ1) is 12.7. The monoisotopic (exact) mass is 356 g/mol. The third-order valence-corrected chi connectivity index (χ3v) is 6.01. The summed E-state index contributed by atoms with van der Waals surface area (Å²) in [5.74, 6) is 2.79. The molecule has 1 aromatic carbocycles. The Kier molecular flexibility index (Phi) is 9.89. The summed E-state index contributed by atoms with van der Waals surface area (Å²) in [4.78, 5) is 0. The largest absolute Gasteiger partial charge is 0.494 e. The molecule has 0 fully saturated rings. The molecule has 2 atom stereocenters. The van der Waals surface area contributed by atoms with Gasteiger partial charge in [0.1, 0.15) is 5.75 Å². The lowest BCUT2D eigenvalue weighted by atomic mass is 9.78. The van der Waals surface area contributed by atoms with Gasteiger partial charge in [-0.2, -0.15) is 0 Å². The molecule has 0 N–H and O–H groups in total. The summed E-state index contributed by atoms with van der Waals surface area (Å²) < 4.78 is 5.87. The van der Waals surface area contributed by atoms with Crippen LogP contribution >= 0.6 is 0 Å². The molecular formula is C25H40O. The molecule has 0 aromatic heterocycles. The lowest BCUT2D eigenvalue weighted by Crippen LogP contribution is -2.14. The Morgan fingerprint density at radius 1 is 0.962 bits per heavy atom. The minimum Gasteiger partial charge on any atom is -0.494 e. The Morgan fingerprint density at radius 2 is 1.69 bits per heavy atom. The third-order valence-electron chi connectivity index (χ3n) is 6.01. The summed E-state index contributed by atoms with van der Waals surface area (Å²) in [6.45, 7) is 7.85. The van der Waals surface area contributed by atoms with Gasteiger partial charge in [0.15, 0.2) is 0 Å². The van der Waals surface area contributed by atoms with E-state index >= 15 is 0 Å². The zero-order valence-electron chi connectivity index (χ0n) is 17.4. The number of unbranched alkanes of at least 4 members (excludes halogenated alkanes) is 5. The SMILES string of the molecule is CCCCCCOc1ccc(C2=CCC(C(C)CCCCC)CC2)cc1. The molecule has 1 nitrogen and oxygen atoms in total. The second-order valence-electron chi connectivity index (χ2n) is 8.17. The molecule has 26 heavy (non-hydrogen) atoms. The fourth-order valence-corrected chi connectivity index (χ4v) is 4.07. The van der Waals surface area contributed by atoms with Gasteiger partial charge < -0.3 is 4.74 Å². The molecule has 2 rings (SSSR count). The molecule has 0 spiro atoms. The summed E-state index contributed by atoms with van der Waals surface area (Å²) in [6, 6.07) is 8.79. The van der Waals surface area contributed by atoms with Gasteiger partial charge in [-0.25, -0.2) is 0 Å². The molecule has 1 aromatic rings. The van der Waals surface area contributed by atoms with Crippen molar-refractivity contribution in [2.45, 2.75) is 91.4 Å². The summed E-state index contributed by atoms with van der Waals surface area (Å²) in [7, 11) is 0. The van der Waals surface area contributed by atoms with Gasteiger partial charge in [0.25, 0.3) is 0 Å². The molecule has 0 bridgehead atoms. The van der Waals surface area contributed by atoms with Crippen LogP contribution in [-0.4, -0.2) is 6.61 Å².